The molecule has 5 nitrogen and oxygen atoms in total. The fraction of sp³-hybridized carbons (Fsp3) is 0.391. The van der Waals surface area contributed by atoms with Crippen LogP contribution in [-0.4, -0.2) is 49.4 Å². The van der Waals surface area contributed by atoms with Crippen molar-refractivity contribution >= 4 is 17.5 Å². The van der Waals surface area contributed by atoms with Crippen molar-refractivity contribution in [3.8, 4) is 0 Å². The second-order valence-electron chi connectivity index (χ2n) is 7.87. The molecule has 28 heavy (non-hydrogen) atoms. The first-order chi connectivity index (χ1) is 13.6. The molecule has 2 saturated heterocycles. The van der Waals surface area contributed by atoms with Gasteiger partial charge in [0.25, 0.3) is 5.91 Å². The zero-order chi connectivity index (χ0) is 19.5. The molecule has 2 aromatic carbocycles. The smallest absolute Gasteiger partial charge is 0.251 e. The topological polar surface area (TPSA) is 52.7 Å². The summed E-state index contributed by atoms with van der Waals surface area (Å²) < 4.78 is 0. The Kier molecular flexibility index (Phi) is 5.44. The number of para-hydroxylation sites is 1. The van der Waals surface area contributed by atoms with Crippen molar-refractivity contribution in [3.63, 3.8) is 0 Å². The fourth-order valence-electron chi connectivity index (χ4n) is 4.29. The van der Waals surface area contributed by atoms with Gasteiger partial charge in [-0.05, 0) is 68.6 Å². The van der Waals surface area contributed by atoms with Crippen LogP contribution in [0.3, 0.4) is 0 Å². The molecule has 146 valence electrons. The molecule has 0 spiro atoms. The Bertz CT molecular complexity index is 852. The van der Waals surface area contributed by atoms with E-state index >= 15 is 0 Å². The van der Waals surface area contributed by atoms with E-state index in [0.717, 1.165) is 25.2 Å². The molecular weight excluding hydrogens is 350 g/mol. The summed E-state index contributed by atoms with van der Waals surface area (Å²) >= 11 is 0. The van der Waals surface area contributed by atoms with Crippen LogP contribution in [0.25, 0.3) is 0 Å². The number of likely N-dealkylation sites (N-methyl/N-ethyl adjacent to an activating group) is 1. The van der Waals surface area contributed by atoms with E-state index < -0.39 is 6.04 Å². The molecule has 2 aliphatic heterocycles. The molecular formula is C23H27N3O2. The molecule has 2 aliphatic rings. The lowest BCUT2D eigenvalue weighted by Crippen LogP contribution is -2.41. The Morgan fingerprint density at radius 3 is 2.64 bits per heavy atom. The molecule has 0 radical (unpaired) electrons. The summed E-state index contributed by atoms with van der Waals surface area (Å²) in [4.78, 5) is 29.6. The summed E-state index contributed by atoms with van der Waals surface area (Å²) in [5.74, 6) is 0.261. The van der Waals surface area contributed by atoms with Gasteiger partial charge in [-0.3, -0.25) is 9.59 Å². The van der Waals surface area contributed by atoms with Gasteiger partial charge in [-0.25, -0.2) is 0 Å². The molecule has 4 rings (SSSR count). The van der Waals surface area contributed by atoms with Crippen molar-refractivity contribution in [2.75, 3.05) is 31.6 Å². The van der Waals surface area contributed by atoms with Crippen LogP contribution in [0.1, 0.15) is 41.1 Å². The maximum absolute atomic E-state index is 12.8. The quantitative estimate of drug-likeness (QED) is 0.891. The highest BCUT2D eigenvalue weighted by atomic mass is 16.2. The van der Waals surface area contributed by atoms with Gasteiger partial charge in [-0.15, -0.1) is 0 Å². The van der Waals surface area contributed by atoms with Gasteiger partial charge < -0.3 is 15.1 Å². The molecule has 0 aliphatic carbocycles. The van der Waals surface area contributed by atoms with Gasteiger partial charge in [0.1, 0.15) is 6.04 Å². The first-order valence-corrected chi connectivity index (χ1v) is 10.1. The van der Waals surface area contributed by atoms with Gasteiger partial charge in [-0.1, -0.05) is 30.3 Å². The highest BCUT2D eigenvalue weighted by molar-refractivity contribution is 6.03. The maximum Gasteiger partial charge on any atom is 0.251 e. The number of hydrogen-bond acceptors (Lipinski definition) is 3. The Balaban J connectivity index is 1.43. The number of anilines is 1. The molecule has 2 atom stereocenters. The predicted molar refractivity (Wildman–Crippen MR) is 111 cm³/mol. The van der Waals surface area contributed by atoms with Crippen LogP contribution in [0.15, 0.2) is 54.6 Å². The van der Waals surface area contributed by atoms with Gasteiger partial charge in [0, 0.05) is 24.3 Å². The number of carbonyl (C=O) groups excluding carboxylic acids is 2. The van der Waals surface area contributed by atoms with Crippen LogP contribution < -0.4 is 10.2 Å². The Hall–Kier alpha value is -2.66. The van der Waals surface area contributed by atoms with E-state index in [1.165, 1.54) is 12.0 Å². The van der Waals surface area contributed by atoms with Crippen molar-refractivity contribution in [1.29, 1.82) is 0 Å². The van der Waals surface area contributed by atoms with Crippen LogP contribution >= 0.6 is 0 Å². The predicted octanol–water partition coefficient (Wildman–Crippen LogP) is 3.03. The molecule has 2 aromatic rings. The van der Waals surface area contributed by atoms with Crippen molar-refractivity contribution in [2.24, 2.45) is 0 Å². The molecule has 1 N–H and O–H groups in total. The lowest BCUT2D eigenvalue weighted by Gasteiger charge is -2.30. The van der Waals surface area contributed by atoms with Gasteiger partial charge in [0.05, 0.1) is 0 Å². The van der Waals surface area contributed by atoms with Crippen LogP contribution in [-0.2, 0) is 4.79 Å². The molecule has 2 unspecified atom stereocenters. The zero-order valence-electron chi connectivity index (χ0n) is 16.3. The molecule has 2 amide bonds. The van der Waals surface area contributed by atoms with E-state index in [1.54, 1.807) is 4.90 Å². The highest BCUT2D eigenvalue weighted by Crippen LogP contribution is 2.27. The van der Waals surface area contributed by atoms with Crippen LogP contribution in [0.4, 0.5) is 5.69 Å². The number of piperidine rings is 1. The number of hydrogen-bond donors (Lipinski definition) is 1. The Morgan fingerprint density at radius 2 is 1.86 bits per heavy atom. The number of likely N-dealkylation sites (tertiary alicyclic amines) is 1. The number of amides is 2. The number of nitrogens with one attached hydrogen (secondary N) is 1. The van der Waals surface area contributed by atoms with E-state index in [2.05, 4.69) is 23.3 Å². The first-order valence-electron chi connectivity index (χ1n) is 10.1. The van der Waals surface area contributed by atoms with E-state index in [1.807, 2.05) is 48.5 Å². The standard InChI is InChI=1S/C23H27N3O2/c1-25-13-6-9-19(16-25)17-7-5-8-18(15-17)22(27)24-21-12-14-26(23(21)28)20-10-3-2-4-11-20/h2-5,7-8,10-11,15,19,21H,6,9,12-14,16H2,1H3,(H,24,27). The number of carbonyl (C=O) groups is 2. The summed E-state index contributed by atoms with van der Waals surface area (Å²) in [5, 5.41) is 2.94. The number of nitrogens with zero attached hydrogens (tertiary/aromatic N) is 2. The van der Waals surface area contributed by atoms with Crippen LogP contribution in [0, 0.1) is 0 Å². The summed E-state index contributed by atoms with van der Waals surface area (Å²) in [7, 11) is 2.15. The van der Waals surface area contributed by atoms with Crippen molar-refractivity contribution in [1.82, 2.24) is 10.2 Å². The maximum atomic E-state index is 12.8. The molecule has 0 aromatic heterocycles. The van der Waals surface area contributed by atoms with Crippen molar-refractivity contribution in [3.05, 3.63) is 65.7 Å². The van der Waals surface area contributed by atoms with Crippen molar-refractivity contribution < 1.29 is 9.59 Å². The van der Waals surface area contributed by atoms with E-state index in [0.29, 0.717) is 24.4 Å². The minimum absolute atomic E-state index is 0.0374. The number of rotatable bonds is 4. The average molecular weight is 377 g/mol. The Morgan fingerprint density at radius 1 is 1.04 bits per heavy atom. The molecule has 2 heterocycles. The molecule has 5 heteroatoms. The van der Waals surface area contributed by atoms with E-state index in [-0.39, 0.29) is 11.8 Å². The van der Waals surface area contributed by atoms with E-state index in [4.69, 9.17) is 0 Å². The third-order valence-electron chi connectivity index (χ3n) is 5.82. The highest BCUT2D eigenvalue weighted by Gasteiger charge is 2.33. The molecule has 0 saturated carbocycles. The Labute approximate surface area is 166 Å². The zero-order valence-corrected chi connectivity index (χ0v) is 16.3. The van der Waals surface area contributed by atoms with Crippen LogP contribution in [0.5, 0.6) is 0 Å². The molecule has 2 fully saturated rings. The van der Waals surface area contributed by atoms with Crippen molar-refractivity contribution in [2.45, 2.75) is 31.2 Å². The van der Waals surface area contributed by atoms with Crippen LogP contribution in [0.2, 0.25) is 0 Å². The first kappa shape index (κ1) is 18.7. The van der Waals surface area contributed by atoms with Gasteiger partial charge in [0.15, 0.2) is 0 Å². The normalized spacial score (nSPS) is 23.0. The van der Waals surface area contributed by atoms with Gasteiger partial charge in [-0.2, -0.15) is 0 Å². The fourth-order valence-corrected chi connectivity index (χ4v) is 4.29. The minimum atomic E-state index is -0.461. The third kappa shape index (κ3) is 3.94. The second-order valence-corrected chi connectivity index (χ2v) is 7.87. The SMILES string of the molecule is CN1CCCC(c2cccc(C(=O)NC3CCN(c4ccccc4)C3=O)c2)C1. The second kappa shape index (κ2) is 8.15. The van der Waals surface area contributed by atoms with Gasteiger partial charge >= 0.3 is 0 Å². The number of benzene rings is 2. The summed E-state index contributed by atoms with van der Waals surface area (Å²) in [6.07, 6.45) is 2.97. The van der Waals surface area contributed by atoms with Gasteiger partial charge in [0.2, 0.25) is 5.91 Å². The summed E-state index contributed by atoms with van der Waals surface area (Å²) in [6.45, 7) is 2.79. The molecule has 0 bridgehead atoms. The third-order valence-corrected chi connectivity index (χ3v) is 5.82. The summed E-state index contributed by atoms with van der Waals surface area (Å²) in [6, 6.07) is 17.0. The summed E-state index contributed by atoms with van der Waals surface area (Å²) in [5.41, 5.74) is 2.73. The minimum Gasteiger partial charge on any atom is -0.340 e. The van der Waals surface area contributed by atoms with E-state index in [9.17, 15) is 9.59 Å². The lowest BCUT2D eigenvalue weighted by molar-refractivity contribution is -0.118. The average Bonchev–Trinajstić information content (AvgIpc) is 3.09. The monoisotopic (exact) mass is 377 g/mol. The lowest BCUT2D eigenvalue weighted by atomic mass is 9.90. The largest absolute Gasteiger partial charge is 0.340 e.